The van der Waals surface area contributed by atoms with Crippen LogP contribution in [0.1, 0.15) is 62.5 Å². The number of fused-ring (bicyclic) bond motifs is 2. The van der Waals surface area contributed by atoms with Crippen LogP contribution in [-0.4, -0.2) is 60.4 Å². The summed E-state index contributed by atoms with van der Waals surface area (Å²) in [6, 6.07) is 10.4. The minimum absolute atomic E-state index is 0.0204. The molecule has 6 rings (SSSR count). The Bertz CT molecular complexity index is 1640. The number of carbonyl (C=O) groups excluding carboxylic acids is 1. The predicted octanol–water partition coefficient (Wildman–Crippen LogP) is 5.59. The maximum Gasteiger partial charge on any atom is 0.328 e. The van der Waals surface area contributed by atoms with Crippen LogP contribution in [0.2, 0.25) is 5.02 Å². The largest absolute Gasteiger partial charge is 0.438 e. The standard InChI is InChI=1S/C34H39ClN4O5S/c35-26-15-13-25(14-16-26)34(41)17-21-39(22-18-34)20-6-7-24-23-29-30(44-32-28(24)10-5-19-36-32)11-4-12-31(29)45(42,43)38-33(40)37-27-8-2-1-3-9-27/h4-5,7,10-16,19,23,27,31,41H,1-3,6,8-9,17-18,20-22H2,(H2,37,38,40). The number of piperidine rings is 1. The highest BCUT2D eigenvalue weighted by atomic mass is 35.5. The molecule has 238 valence electrons. The van der Waals surface area contributed by atoms with E-state index in [0.717, 1.165) is 68.4 Å². The first-order valence-electron chi connectivity index (χ1n) is 15.7. The molecule has 1 aromatic carbocycles. The van der Waals surface area contributed by atoms with Crippen molar-refractivity contribution in [1.29, 1.82) is 0 Å². The number of aliphatic hydroxyl groups is 1. The molecule has 0 spiro atoms. The van der Waals surface area contributed by atoms with Crippen LogP contribution >= 0.6 is 11.6 Å². The fraction of sp³-hybridized carbons (Fsp3) is 0.412. The molecule has 1 atom stereocenters. The molecule has 3 heterocycles. The van der Waals surface area contributed by atoms with E-state index in [1.807, 2.05) is 42.5 Å². The van der Waals surface area contributed by atoms with Gasteiger partial charge in [-0.05, 0) is 79.7 Å². The van der Waals surface area contributed by atoms with E-state index in [2.05, 4.69) is 26.0 Å². The number of benzene rings is 1. The molecule has 1 aromatic heterocycles. The Kier molecular flexibility index (Phi) is 9.46. The van der Waals surface area contributed by atoms with Gasteiger partial charge in [0.2, 0.25) is 15.9 Å². The highest BCUT2D eigenvalue weighted by Crippen LogP contribution is 2.38. The van der Waals surface area contributed by atoms with E-state index in [4.69, 9.17) is 16.3 Å². The summed E-state index contributed by atoms with van der Waals surface area (Å²) in [5, 5.41) is 13.6. The molecule has 1 unspecified atom stereocenters. The molecule has 2 fully saturated rings. The molecule has 11 heteroatoms. The SMILES string of the molecule is O=C(NC1CCCCC1)NS(=O)(=O)C1C=CC=C2Oc3ncccc3C(=CCCN3CCC(O)(c4ccc(Cl)cc4)CC3)C=C21. The number of sulfonamides is 1. The first-order chi connectivity index (χ1) is 21.7. The zero-order chi connectivity index (χ0) is 31.4. The lowest BCUT2D eigenvalue weighted by Crippen LogP contribution is -2.48. The number of likely N-dealkylation sites (tertiary alicyclic amines) is 1. The average Bonchev–Trinajstić information content (AvgIpc) is 3.19. The minimum Gasteiger partial charge on any atom is -0.438 e. The lowest BCUT2D eigenvalue weighted by atomic mass is 9.84. The van der Waals surface area contributed by atoms with Gasteiger partial charge in [0.25, 0.3) is 0 Å². The zero-order valence-electron chi connectivity index (χ0n) is 25.1. The number of pyridine rings is 1. The van der Waals surface area contributed by atoms with E-state index in [-0.39, 0.29) is 6.04 Å². The van der Waals surface area contributed by atoms with Crippen molar-refractivity contribution in [1.82, 2.24) is 19.9 Å². The number of hydrogen-bond donors (Lipinski definition) is 3. The Labute approximate surface area is 269 Å². The summed E-state index contributed by atoms with van der Waals surface area (Å²) in [5.41, 5.74) is 2.01. The normalized spacial score (nSPS) is 22.7. The molecule has 2 amide bonds. The Morgan fingerprint density at radius 2 is 1.89 bits per heavy atom. The second kappa shape index (κ2) is 13.5. The number of amides is 2. The van der Waals surface area contributed by atoms with Crippen molar-refractivity contribution < 1.29 is 23.1 Å². The average molecular weight is 651 g/mol. The van der Waals surface area contributed by atoms with Gasteiger partial charge in [0, 0.05) is 48.0 Å². The van der Waals surface area contributed by atoms with Crippen molar-refractivity contribution in [2.45, 2.75) is 68.3 Å². The number of rotatable bonds is 7. The van der Waals surface area contributed by atoms with E-state index in [1.165, 1.54) is 0 Å². The Morgan fingerprint density at radius 3 is 2.64 bits per heavy atom. The molecule has 2 aromatic rings. The second-order valence-corrected chi connectivity index (χ2v) is 14.4. The van der Waals surface area contributed by atoms with Gasteiger partial charge in [-0.2, -0.15) is 0 Å². The van der Waals surface area contributed by atoms with E-state index in [9.17, 15) is 18.3 Å². The van der Waals surface area contributed by atoms with Gasteiger partial charge < -0.3 is 20.1 Å². The fourth-order valence-corrected chi connectivity index (χ4v) is 7.95. The number of hydrogen-bond acceptors (Lipinski definition) is 7. The molecular weight excluding hydrogens is 612 g/mol. The third kappa shape index (κ3) is 7.35. The van der Waals surface area contributed by atoms with Crippen molar-refractivity contribution >= 4 is 33.2 Å². The quantitative estimate of drug-likeness (QED) is 0.357. The molecule has 9 nitrogen and oxygen atoms in total. The summed E-state index contributed by atoms with van der Waals surface area (Å²) in [6.45, 7) is 2.27. The van der Waals surface area contributed by atoms with Crippen LogP contribution in [0.4, 0.5) is 4.79 Å². The number of aromatic nitrogens is 1. The monoisotopic (exact) mass is 650 g/mol. The molecule has 1 saturated heterocycles. The first-order valence-corrected chi connectivity index (χ1v) is 17.6. The zero-order valence-corrected chi connectivity index (χ0v) is 26.7. The Hall–Kier alpha value is -3.44. The number of allylic oxidation sites excluding steroid dienone is 5. The minimum atomic E-state index is -4.13. The number of nitrogens with zero attached hydrogens (tertiary/aromatic N) is 2. The number of carbonyl (C=O) groups is 1. The molecule has 1 saturated carbocycles. The molecule has 2 aliphatic carbocycles. The van der Waals surface area contributed by atoms with Crippen molar-refractivity contribution in [3.05, 3.63) is 100 Å². The summed E-state index contributed by atoms with van der Waals surface area (Å²) in [4.78, 5) is 19.5. The van der Waals surface area contributed by atoms with Gasteiger partial charge in [-0.15, -0.1) is 0 Å². The topological polar surface area (TPSA) is 121 Å². The molecular formula is C34H39ClN4O5S. The molecule has 45 heavy (non-hydrogen) atoms. The van der Waals surface area contributed by atoms with Crippen LogP contribution in [0.5, 0.6) is 5.88 Å². The van der Waals surface area contributed by atoms with E-state index >= 15 is 0 Å². The highest BCUT2D eigenvalue weighted by Gasteiger charge is 2.36. The van der Waals surface area contributed by atoms with Crippen molar-refractivity contribution in [3.8, 4) is 5.88 Å². The third-order valence-electron chi connectivity index (χ3n) is 9.11. The number of ether oxygens (including phenoxy) is 1. The van der Waals surface area contributed by atoms with Crippen LogP contribution in [-0.2, 0) is 15.6 Å². The van der Waals surface area contributed by atoms with Crippen LogP contribution < -0.4 is 14.8 Å². The maximum absolute atomic E-state index is 13.6. The molecule has 4 aliphatic rings. The highest BCUT2D eigenvalue weighted by molar-refractivity contribution is 7.91. The van der Waals surface area contributed by atoms with Crippen molar-refractivity contribution in [2.75, 3.05) is 19.6 Å². The van der Waals surface area contributed by atoms with Gasteiger partial charge in [-0.1, -0.05) is 61.2 Å². The Morgan fingerprint density at radius 1 is 1.13 bits per heavy atom. The maximum atomic E-state index is 13.6. The number of nitrogens with one attached hydrogen (secondary N) is 2. The lowest BCUT2D eigenvalue weighted by Gasteiger charge is -2.38. The summed E-state index contributed by atoms with van der Waals surface area (Å²) in [6.07, 6.45) is 17.3. The predicted molar refractivity (Wildman–Crippen MR) is 175 cm³/mol. The first kappa shape index (κ1) is 31.5. The fourth-order valence-electron chi connectivity index (χ4n) is 6.56. The van der Waals surface area contributed by atoms with Gasteiger partial charge in [0.15, 0.2) is 0 Å². The van der Waals surface area contributed by atoms with Gasteiger partial charge in [0.1, 0.15) is 11.0 Å². The summed E-state index contributed by atoms with van der Waals surface area (Å²) < 4.78 is 35.5. The summed E-state index contributed by atoms with van der Waals surface area (Å²) in [7, 11) is -4.13. The summed E-state index contributed by atoms with van der Waals surface area (Å²) in [5.74, 6) is 0.767. The number of urea groups is 1. The molecule has 3 N–H and O–H groups in total. The molecule has 0 bridgehead atoms. The molecule has 0 radical (unpaired) electrons. The molecule has 2 aliphatic heterocycles. The van der Waals surface area contributed by atoms with Crippen LogP contribution in [0.25, 0.3) is 5.57 Å². The van der Waals surface area contributed by atoms with Gasteiger partial charge in [-0.3, -0.25) is 0 Å². The smallest absolute Gasteiger partial charge is 0.328 e. The van der Waals surface area contributed by atoms with Crippen LogP contribution in [0, 0.1) is 0 Å². The van der Waals surface area contributed by atoms with E-state index in [0.29, 0.717) is 41.5 Å². The number of halogens is 1. The van der Waals surface area contributed by atoms with Crippen LogP contribution in [0.3, 0.4) is 0 Å². The van der Waals surface area contributed by atoms with E-state index < -0.39 is 26.9 Å². The van der Waals surface area contributed by atoms with Gasteiger partial charge >= 0.3 is 6.03 Å². The van der Waals surface area contributed by atoms with Crippen LogP contribution in [0.15, 0.2) is 84.3 Å². The van der Waals surface area contributed by atoms with Gasteiger partial charge in [-0.25, -0.2) is 22.9 Å². The summed E-state index contributed by atoms with van der Waals surface area (Å²) >= 11 is 6.04. The van der Waals surface area contributed by atoms with Crippen molar-refractivity contribution in [3.63, 3.8) is 0 Å². The van der Waals surface area contributed by atoms with Gasteiger partial charge in [0.05, 0.1) is 5.60 Å². The van der Waals surface area contributed by atoms with Crippen molar-refractivity contribution in [2.24, 2.45) is 0 Å². The lowest BCUT2D eigenvalue weighted by molar-refractivity contribution is -0.0254. The second-order valence-electron chi connectivity index (χ2n) is 12.2. The Balaban J connectivity index is 1.17. The third-order valence-corrected chi connectivity index (χ3v) is 10.9. The van der Waals surface area contributed by atoms with E-state index in [1.54, 1.807) is 24.4 Å².